The standard InChI is InChI=1S/C15H16F2N2O5/c1-19-7-9(6-12(19)20)13(21)18-10-4-3-8(14(22)23-2)5-11(10)24-15(16)17/h3-5,9,15H,6-7H2,1-2H3,(H,18,21)/t9-/m0/s1. The molecule has 0 aliphatic carbocycles. The zero-order valence-corrected chi connectivity index (χ0v) is 13.0. The zero-order chi connectivity index (χ0) is 17.9. The van der Waals surface area contributed by atoms with Crippen molar-refractivity contribution < 1.29 is 32.6 Å². The zero-order valence-electron chi connectivity index (χ0n) is 13.0. The minimum atomic E-state index is -3.13. The first-order valence-electron chi connectivity index (χ1n) is 7.03. The molecule has 24 heavy (non-hydrogen) atoms. The van der Waals surface area contributed by atoms with Crippen molar-refractivity contribution in [1.29, 1.82) is 0 Å². The predicted molar refractivity (Wildman–Crippen MR) is 78.8 cm³/mol. The summed E-state index contributed by atoms with van der Waals surface area (Å²) in [4.78, 5) is 36.6. The average Bonchev–Trinajstić information content (AvgIpc) is 2.87. The molecule has 0 unspecified atom stereocenters. The van der Waals surface area contributed by atoms with E-state index in [2.05, 4.69) is 14.8 Å². The SMILES string of the molecule is COC(=O)c1ccc(NC(=O)[C@H]2CC(=O)N(C)C2)c(OC(F)F)c1. The molecule has 0 saturated carbocycles. The van der Waals surface area contributed by atoms with Gasteiger partial charge in [-0.05, 0) is 18.2 Å². The molecule has 1 N–H and O–H groups in total. The highest BCUT2D eigenvalue weighted by Gasteiger charge is 2.32. The van der Waals surface area contributed by atoms with Crippen molar-refractivity contribution in [2.75, 3.05) is 26.0 Å². The molecule has 0 radical (unpaired) electrons. The molecule has 7 nitrogen and oxygen atoms in total. The van der Waals surface area contributed by atoms with Crippen molar-refractivity contribution in [3.63, 3.8) is 0 Å². The molecule has 130 valence electrons. The summed E-state index contributed by atoms with van der Waals surface area (Å²) in [5.41, 5.74) is -0.0168. The molecule has 1 aromatic rings. The summed E-state index contributed by atoms with van der Waals surface area (Å²) in [6.07, 6.45) is 0.0492. The summed E-state index contributed by atoms with van der Waals surface area (Å²) in [6, 6.07) is 3.63. The summed E-state index contributed by atoms with van der Waals surface area (Å²) >= 11 is 0. The van der Waals surface area contributed by atoms with E-state index in [9.17, 15) is 23.2 Å². The van der Waals surface area contributed by atoms with Crippen LogP contribution >= 0.6 is 0 Å². The molecule has 0 aromatic heterocycles. The van der Waals surface area contributed by atoms with Gasteiger partial charge in [-0.3, -0.25) is 9.59 Å². The van der Waals surface area contributed by atoms with Gasteiger partial charge >= 0.3 is 12.6 Å². The van der Waals surface area contributed by atoms with E-state index in [1.165, 1.54) is 17.0 Å². The Hall–Kier alpha value is -2.71. The van der Waals surface area contributed by atoms with Gasteiger partial charge in [-0.25, -0.2) is 4.79 Å². The Morgan fingerprint density at radius 3 is 2.62 bits per heavy atom. The van der Waals surface area contributed by atoms with Gasteiger partial charge in [0.1, 0.15) is 5.75 Å². The van der Waals surface area contributed by atoms with E-state index in [1.807, 2.05) is 0 Å². The molecule has 9 heteroatoms. The van der Waals surface area contributed by atoms with E-state index in [1.54, 1.807) is 7.05 Å². The van der Waals surface area contributed by atoms with Gasteiger partial charge in [0.2, 0.25) is 11.8 Å². The van der Waals surface area contributed by atoms with Crippen molar-refractivity contribution in [3.05, 3.63) is 23.8 Å². The number of carbonyl (C=O) groups is 3. The molecular formula is C15H16F2N2O5. The molecular weight excluding hydrogens is 326 g/mol. The molecule has 2 amide bonds. The maximum Gasteiger partial charge on any atom is 0.387 e. The van der Waals surface area contributed by atoms with Crippen LogP contribution in [-0.2, 0) is 14.3 Å². The minimum Gasteiger partial charge on any atom is -0.465 e. The number of hydrogen-bond acceptors (Lipinski definition) is 5. The molecule has 1 aromatic carbocycles. The van der Waals surface area contributed by atoms with Crippen LogP contribution in [0.15, 0.2) is 18.2 Å². The van der Waals surface area contributed by atoms with Crippen LogP contribution in [0.3, 0.4) is 0 Å². The smallest absolute Gasteiger partial charge is 0.387 e. The number of nitrogens with zero attached hydrogens (tertiary/aromatic N) is 1. The lowest BCUT2D eigenvalue weighted by molar-refractivity contribution is -0.127. The predicted octanol–water partition coefficient (Wildman–Crippen LogP) is 1.49. The summed E-state index contributed by atoms with van der Waals surface area (Å²) < 4.78 is 34.0. The van der Waals surface area contributed by atoms with Crippen molar-refractivity contribution >= 4 is 23.5 Å². The van der Waals surface area contributed by atoms with Gasteiger partial charge in [0.25, 0.3) is 0 Å². The first-order valence-corrected chi connectivity index (χ1v) is 7.03. The molecule has 1 atom stereocenters. The van der Waals surface area contributed by atoms with Crippen LogP contribution in [0.25, 0.3) is 0 Å². The highest BCUT2D eigenvalue weighted by atomic mass is 19.3. The van der Waals surface area contributed by atoms with Crippen LogP contribution in [-0.4, -0.2) is 50.0 Å². The Morgan fingerprint density at radius 2 is 2.08 bits per heavy atom. The van der Waals surface area contributed by atoms with E-state index < -0.39 is 24.4 Å². The number of halogens is 2. The van der Waals surface area contributed by atoms with Crippen LogP contribution in [0.4, 0.5) is 14.5 Å². The van der Waals surface area contributed by atoms with Gasteiger partial charge in [-0.1, -0.05) is 0 Å². The summed E-state index contributed by atoms with van der Waals surface area (Å²) in [5, 5.41) is 2.45. The van der Waals surface area contributed by atoms with Gasteiger partial charge in [-0.15, -0.1) is 0 Å². The molecule has 2 rings (SSSR count). The number of amides is 2. The molecule has 1 aliphatic heterocycles. The number of anilines is 1. The lowest BCUT2D eigenvalue weighted by Gasteiger charge is -2.15. The van der Waals surface area contributed by atoms with Crippen LogP contribution in [0.5, 0.6) is 5.75 Å². The number of esters is 1. The van der Waals surface area contributed by atoms with Crippen LogP contribution in [0.1, 0.15) is 16.8 Å². The number of likely N-dealkylation sites (tertiary alicyclic amines) is 1. The monoisotopic (exact) mass is 342 g/mol. The normalized spacial score (nSPS) is 17.1. The molecule has 1 aliphatic rings. The second kappa shape index (κ2) is 7.24. The number of hydrogen-bond donors (Lipinski definition) is 1. The van der Waals surface area contributed by atoms with Gasteiger partial charge < -0.3 is 19.7 Å². The Kier molecular flexibility index (Phi) is 5.32. The van der Waals surface area contributed by atoms with Crippen LogP contribution < -0.4 is 10.1 Å². The Morgan fingerprint density at radius 1 is 1.38 bits per heavy atom. The molecule has 1 saturated heterocycles. The van der Waals surface area contributed by atoms with Gasteiger partial charge in [0.15, 0.2) is 0 Å². The van der Waals surface area contributed by atoms with Crippen LogP contribution in [0, 0.1) is 5.92 Å². The van der Waals surface area contributed by atoms with Crippen molar-refractivity contribution in [3.8, 4) is 5.75 Å². The summed E-state index contributed by atoms with van der Waals surface area (Å²) in [5.74, 6) is -2.33. The number of ether oxygens (including phenoxy) is 2. The first kappa shape index (κ1) is 17.6. The van der Waals surface area contributed by atoms with Crippen molar-refractivity contribution in [2.45, 2.75) is 13.0 Å². The number of methoxy groups -OCH3 is 1. The fraction of sp³-hybridized carbons (Fsp3) is 0.400. The van der Waals surface area contributed by atoms with Crippen molar-refractivity contribution in [2.24, 2.45) is 5.92 Å². The second-order valence-electron chi connectivity index (χ2n) is 5.25. The third-order valence-electron chi connectivity index (χ3n) is 3.59. The maximum atomic E-state index is 12.6. The lowest BCUT2D eigenvalue weighted by atomic mass is 10.1. The topological polar surface area (TPSA) is 84.9 Å². The Balaban J connectivity index is 2.20. The fourth-order valence-electron chi connectivity index (χ4n) is 2.34. The minimum absolute atomic E-state index is 0.00178. The van der Waals surface area contributed by atoms with Crippen LogP contribution in [0.2, 0.25) is 0 Å². The maximum absolute atomic E-state index is 12.6. The number of rotatable bonds is 5. The van der Waals surface area contributed by atoms with E-state index in [-0.39, 0.29) is 35.9 Å². The van der Waals surface area contributed by atoms with Gasteiger partial charge in [0.05, 0.1) is 24.3 Å². The molecule has 0 bridgehead atoms. The highest BCUT2D eigenvalue weighted by molar-refractivity contribution is 5.99. The number of carbonyl (C=O) groups excluding carboxylic acids is 3. The van der Waals surface area contributed by atoms with E-state index in [0.717, 1.165) is 13.2 Å². The number of nitrogens with one attached hydrogen (secondary N) is 1. The first-order chi connectivity index (χ1) is 11.3. The van der Waals surface area contributed by atoms with E-state index >= 15 is 0 Å². The summed E-state index contributed by atoms with van der Waals surface area (Å²) in [7, 11) is 2.73. The second-order valence-corrected chi connectivity index (χ2v) is 5.25. The molecule has 1 heterocycles. The highest BCUT2D eigenvalue weighted by Crippen LogP contribution is 2.29. The summed E-state index contributed by atoms with van der Waals surface area (Å²) in [6.45, 7) is -2.89. The third kappa shape index (κ3) is 3.98. The van der Waals surface area contributed by atoms with E-state index in [4.69, 9.17) is 0 Å². The molecule has 0 spiro atoms. The quantitative estimate of drug-likeness (QED) is 0.820. The van der Waals surface area contributed by atoms with Gasteiger partial charge in [0, 0.05) is 20.0 Å². The number of benzene rings is 1. The fourth-order valence-corrected chi connectivity index (χ4v) is 2.34. The van der Waals surface area contributed by atoms with Crippen molar-refractivity contribution in [1.82, 2.24) is 4.90 Å². The van der Waals surface area contributed by atoms with Gasteiger partial charge in [-0.2, -0.15) is 8.78 Å². The Labute approximate surface area is 136 Å². The third-order valence-corrected chi connectivity index (χ3v) is 3.59. The average molecular weight is 342 g/mol. The largest absolute Gasteiger partial charge is 0.465 e. The lowest BCUT2D eigenvalue weighted by Crippen LogP contribution is -2.26. The molecule has 1 fully saturated rings. The Bertz CT molecular complexity index is 665. The van der Waals surface area contributed by atoms with E-state index in [0.29, 0.717) is 0 Å². The number of alkyl halides is 2.